The van der Waals surface area contributed by atoms with E-state index in [9.17, 15) is 0 Å². The second-order valence-electron chi connectivity index (χ2n) is 5.77. The lowest BCUT2D eigenvalue weighted by Gasteiger charge is -2.34. The fraction of sp³-hybridized carbons (Fsp3) is 0.625. The number of nitrogens with two attached hydrogens (primary N) is 1. The van der Waals surface area contributed by atoms with Crippen molar-refractivity contribution in [2.24, 2.45) is 17.7 Å². The molecule has 0 aromatic heterocycles. The summed E-state index contributed by atoms with van der Waals surface area (Å²) in [6, 6.07) is 8.86. The third kappa shape index (κ3) is 4.04. The summed E-state index contributed by atoms with van der Waals surface area (Å²) in [5.74, 6) is 7.44. The van der Waals surface area contributed by atoms with Gasteiger partial charge in [-0.3, -0.25) is 11.3 Å². The highest BCUT2D eigenvalue weighted by atomic mass is 79.9. The van der Waals surface area contributed by atoms with Crippen molar-refractivity contribution in [2.45, 2.75) is 51.5 Å². The smallest absolute Gasteiger partial charge is 0.0279 e. The van der Waals surface area contributed by atoms with Gasteiger partial charge in [0.05, 0.1) is 0 Å². The molecular weight excluding hydrogens is 300 g/mol. The molecule has 1 aliphatic rings. The summed E-state index contributed by atoms with van der Waals surface area (Å²) >= 11 is 3.63. The summed E-state index contributed by atoms with van der Waals surface area (Å²) in [4.78, 5) is 0. The van der Waals surface area contributed by atoms with Crippen LogP contribution in [0.4, 0.5) is 0 Å². The Morgan fingerprint density at radius 1 is 1.37 bits per heavy atom. The zero-order valence-electron chi connectivity index (χ0n) is 11.7. The lowest BCUT2D eigenvalue weighted by molar-refractivity contribution is 0.208. The Labute approximate surface area is 125 Å². The summed E-state index contributed by atoms with van der Waals surface area (Å²) in [5, 5.41) is 0. The monoisotopic (exact) mass is 324 g/mol. The standard InChI is InChI=1S/C16H25BrN2/c1-2-12-6-5-8-14(10-12)16(19-18)11-13-7-3-4-9-15(13)17/h3-4,7,9,12,14,16,19H,2,5-6,8,10-11,18H2,1H3. The van der Waals surface area contributed by atoms with E-state index in [4.69, 9.17) is 5.84 Å². The summed E-state index contributed by atoms with van der Waals surface area (Å²) in [7, 11) is 0. The number of hydrazine groups is 1. The Morgan fingerprint density at radius 3 is 2.84 bits per heavy atom. The van der Waals surface area contributed by atoms with Crippen LogP contribution >= 0.6 is 15.9 Å². The maximum atomic E-state index is 5.82. The molecule has 1 aromatic carbocycles. The molecule has 0 amide bonds. The number of rotatable bonds is 5. The highest BCUT2D eigenvalue weighted by Crippen LogP contribution is 2.34. The number of nitrogens with one attached hydrogen (secondary N) is 1. The molecule has 3 heteroatoms. The fourth-order valence-corrected chi connectivity index (χ4v) is 3.78. The Kier molecular flexibility index (Phi) is 5.86. The molecular formula is C16H25BrN2. The van der Waals surface area contributed by atoms with Crippen LogP contribution in [0.3, 0.4) is 0 Å². The van der Waals surface area contributed by atoms with E-state index in [2.05, 4.69) is 52.5 Å². The van der Waals surface area contributed by atoms with Crippen LogP contribution in [-0.2, 0) is 6.42 Å². The lowest BCUT2D eigenvalue weighted by Crippen LogP contribution is -2.44. The summed E-state index contributed by atoms with van der Waals surface area (Å²) in [5.41, 5.74) is 4.42. The first-order chi connectivity index (χ1) is 9.24. The fourth-order valence-electron chi connectivity index (χ4n) is 3.33. The van der Waals surface area contributed by atoms with Gasteiger partial charge in [0.15, 0.2) is 0 Å². The van der Waals surface area contributed by atoms with E-state index in [-0.39, 0.29) is 0 Å². The van der Waals surface area contributed by atoms with Crippen molar-refractivity contribution >= 4 is 15.9 Å². The third-order valence-electron chi connectivity index (χ3n) is 4.58. The molecule has 2 rings (SSSR count). The number of benzene rings is 1. The van der Waals surface area contributed by atoms with E-state index < -0.39 is 0 Å². The van der Waals surface area contributed by atoms with Gasteiger partial charge in [0.2, 0.25) is 0 Å². The van der Waals surface area contributed by atoms with E-state index >= 15 is 0 Å². The first-order valence-electron chi connectivity index (χ1n) is 7.44. The molecule has 106 valence electrons. The number of hydrogen-bond donors (Lipinski definition) is 2. The first-order valence-corrected chi connectivity index (χ1v) is 8.23. The van der Waals surface area contributed by atoms with E-state index in [1.165, 1.54) is 42.1 Å². The molecule has 1 saturated carbocycles. The highest BCUT2D eigenvalue weighted by Gasteiger charge is 2.27. The van der Waals surface area contributed by atoms with E-state index in [1.54, 1.807) is 0 Å². The van der Waals surface area contributed by atoms with Crippen molar-refractivity contribution in [2.75, 3.05) is 0 Å². The number of halogens is 1. The van der Waals surface area contributed by atoms with Crippen LogP contribution in [-0.4, -0.2) is 6.04 Å². The Morgan fingerprint density at radius 2 is 2.16 bits per heavy atom. The topological polar surface area (TPSA) is 38.0 Å². The molecule has 0 saturated heterocycles. The molecule has 0 aliphatic heterocycles. The van der Waals surface area contributed by atoms with Crippen molar-refractivity contribution < 1.29 is 0 Å². The van der Waals surface area contributed by atoms with Crippen LogP contribution in [0.2, 0.25) is 0 Å². The van der Waals surface area contributed by atoms with Crippen LogP contribution in [0.5, 0.6) is 0 Å². The SMILES string of the molecule is CCC1CCCC(C(Cc2ccccc2Br)NN)C1. The zero-order valence-corrected chi connectivity index (χ0v) is 13.3. The maximum absolute atomic E-state index is 5.82. The normalized spacial score (nSPS) is 25.2. The van der Waals surface area contributed by atoms with Gasteiger partial charge in [-0.2, -0.15) is 0 Å². The van der Waals surface area contributed by atoms with Crippen LogP contribution in [0.15, 0.2) is 28.7 Å². The molecule has 19 heavy (non-hydrogen) atoms. The summed E-state index contributed by atoms with van der Waals surface area (Å²) < 4.78 is 1.19. The van der Waals surface area contributed by atoms with Gasteiger partial charge in [0, 0.05) is 10.5 Å². The van der Waals surface area contributed by atoms with Gasteiger partial charge in [-0.25, -0.2) is 0 Å². The lowest BCUT2D eigenvalue weighted by atomic mass is 9.75. The average Bonchev–Trinajstić information content (AvgIpc) is 2.46. The third-order valence-corrected chi connectivity index (χ3v) is 5.36. The second kappa shape index (κ2) is 7.41. The van der Waals surface area contributed by atoms with Gasteiger partial charge in [0.1, 0.15) is 0 Å². The minimum absolute atomic E-state index is 0.396. The predicted octanol–water partition coefficient (Wildman–Crippen LogP) is 4.04. The molecule has 0 bridgehead atoms. The highest BCUT2D eigenvalue weighted by molar-refractivity contribution is 9.10. The first kappa shape index (κ1) is 15.0. The van der Waals surface area contributed by atoms with Crippen molar-refractivity contribution in [3.05, 3.63) is 34.3 Å². The molecule has 1 fully saturated rings. The molecule has 0 heterocycles. The molecule has 0 radical (unpaired) electrons. The molecule has 3 atom stereocenters. The summed E-state index contributed by atoms with van der Waals surface area (Å²) in [6.07, 6.45) is 7.73. The van der Waals surface area contributed by atoms with Gasteiger partial charge in [0.25, 0.3) is 0 Å². The zero-order chi connectivity index (χ0) is 13.7. The average molecular weight is 325 g/mol. The Hall–Kier alpha value is -0.380. The van der Waals surface area contributed by atoms with Gasteiger partial charge in [-0.15, -0.1) is 0 Å². The quantitative estimate of drug-likeness (QED) is 0.633. The van der Waals surface area contributed by atoms with E-state index in [0.717, 1.165) is 18.3 Å². The van der Waals surface area contributed by atoms with Crippen molar-refractivity contribution in [1.29, 1.82) is 0 Å². The van der Waals surface area contributed by atoms with Gasteiger partial charge in [-0.05, 0) is 42.7 Å². The molecule has 3 N–H and O–H groups in total. The summed E-state index contributed by atoms with van der Waals surface area (Å²) in [6.45, 7) is 2.31. The van der Waals surface area contributed by atoms with Gasteiger partial charge < -0.3 is 0 Å². The van der Waals surface area contributed by atoms with Crippen molar-refractivity contribution in [3.8, 4) is 0 Å². The Bertz CT molecular complexity index is 394. The largest absolute Gasteiger partial charge is 0.271 e. The van der Waals surface area contributed by atoms with Gasteiger partial charge >= 0.3 is 0 Å². The maximum Gasteiger partial charge on any atom is 0.0279 e. The molecule has 1 aromatic rings. The predicted molar refractivity (Wildman–Crippen MR) is 84.7 cm³/mol. The van der Waals surface area contributed by atoms with Crippen molar-refractivity contribution in [1.82, 2.24) is 5.43 Å². The van der Waals surface area contributed by atoms with E-state index in [0.29, 0.717) is 6.04 Å². The second-order valence-corrected chi connectivity index (χ2v) is 6.62. The Balaban J connectivity index is 2.01. The van der Waals surface area contributed by atoms with Crippen LogP contribution in [0.25, 0.3) is 0 Å². The number of hydrogen-bond acceptors (Lipinski definition) is 2. The molecule has 2 nitrogen and oxygen atoms in total. The van der Waals surface area contributed by atoms with Gasteiger partial charge in [-0.1, -0.05) is 60.3 Å². The van der Waals surface area contributed by atoms with Crippen molar-refractivity contribution in [3.63, 3.8) is 0 Å². The molecule has 0 spiro atoms. The molecule has 1 aliphatic carbocycles. The molecule has 3 unspecified atom stereocenters. The van der Waals surface area contributed by atoms with E-state index in [1.807, 2.05) is 0 Å². The minimum Gasteiger partial charge on any atom is -0.271 e. The van der Waals surface area contributed by atoms with Crippen LogP contribution in [0, 0.1) is 11.8 Å². The van der Waals surface area contributed by atoms with Crippen LogP contribution < -0.4 is 11.3 Å². The van der Waals surface area contributed by atoms with Crippen LogP contribution in [0.1, 0.15) is 44.6 Å². The minimum atomic E-state index is 0.396.